The quantitative estimate of drug-likeness (QED) is 0.634. The van der Waals surface area contributed by atoms with Gasteiger partial charge in [-0.2, -0.15) is 0 Å². The van der Waals surface area contributed by atoms with Gasteiger partial charge in [0.25, 0.3) is 0 Å². The van der Waals surface area contributed by atoms with Crippen LogP contribution < -0.4 is 10.6 Å². The number of halogens is 1. The molecule has 0 aromatic carbocycles. The van der Waals surface area contributed by atoms with Crippen LogP contribution in [0.5, 0.6) is 0 Å². The Bertz CT molecular complexity index is 624. The molecule has 118 valence electrons. The number of hydrogen-bond acceptors (Lipinski definition) is 5. The first-order valence-corrected chi connectivity index (χ1v) is 7.74. The summed E-state index contributed by atoms with van der Waals surface area (Å²) in [6.45, 7) is 0.239. The molecule has 0 bridgehead atoms. The molecular formula is C15H18ClN3O3. The highest BCUT2D eigenvalue weighted by Crippen LogP contribution is 2.31. The molecule has 2 aliphatic rings. The molecule has 22 heavy (non-hydrogen) atoms. The SMILES string of the molecule is O=C(O)C1=C(NC2CCC(O)CC2)c2nc(Cl)ccc2NC1. The van der Waals surface area contributed by atoms with Gasteiger partial charge in [0.05, 0.1) is 23.1 Å². The second kappa shape index (κ2) is 6.14. The van der Waals surface area contributed by atoms with Crippen LogP contribution in [0.3, 0.4) is 0 Å². The van der Waals surface area contributed by atoms with Gasteiger partial charge in [-0.25, -0.2) is 9.78 Å². The zero-order valence-electron chi connectivity index (χ0n) is 12.0. The van der Waals surface area contributed by atoms with E-state index >= 15 is 0 Å². The maximum Gasteiger partial charge on any atom is 0.335 e. The van der Waals surface area contributed by atoms with Crippen LogP contribution in [-0.2, 0) is 4.79 Å². The second-order valence-electron chi connectivity index (χ2n) is 5.69. The van der Waals surface area contributed by atoms with Crippen molar-refractivity contribution >= 4 is 29.0 Å². The first kappa shape index (κ1) is 15.1. The molecule has 1 aliphatic carbocycles. The van der Waals surface area contributed by atoms with Crippen LogP contribution in [0.1, 0.15) is 31.4 Å². The summed E-state index contributed by atoms with van der Waals surface area (Å²) in [6, 6.07) is 3.61. The number of carboxylic acid groups (broad SMARTS) is 1. The molecular weight excluding hydrogens is 306 g/mol. The molecule has 1 aromatic heterocycles. The minimum atomic E-state index is -0.974. The first-order valence-electron chi connectivity index (χ1n) is 7.36. The number of aromatic nitrogens is 1. The van der Waals surface area contributed by atoms with Crippen LogP contribution in [0.2, 0.25) is 5.15 Å². The number of carbonyl (C=O) groups is 1. The van der Waals surface area contributed by atoms with E-state index in [1.165, 1.54) is 0 Å². The van der Waals surface area contributed by atoms with E-state index in [4.69, 9.17) is 11.6 Å². The van der Waals surface area contributed by atoms with Gasteiger partial charge in [0.15, 0.2) is 0 Å². The Morgan fingerprint density at radius 2 is 2.05 bits per heavy atom. The van der Waals surface area contributed by atoms with Crippen LogP contribution >= 0.6 is 11.6 Å². The first-order chi connectivity index (χ1) is 10.5. The molecule has 2 heterocycles. The Balaban J connectivity index is 1.93. The second-order valence-corrected chi connectivity index (χ2v) is 6.08. The number of carboxylic acids is 1. The number of nitrogens with zero attached hydrogens (tertiary/aromatic N) is 1. The molecule has 3 rings (SSSR count). The summed E-state index contributed by atoms with van der Waals surface area (Å²) in [6.07, 6.45) is 2.81. The maximum absolute atomic E-state index is 11.5. The summed E-state index contributed by atoms with van der Waals surface area (Å²) in [4.78, 5) is 15.8. The van der Waals surface area contributed by atoms with E-state index in [0.717, 1.165) is 31.4 Å². The molecule has 0 unspecified atom stereocenters. The highest BCUT2D eigenvalue weighted by molar-refractivity contribution is 6.29. The molecule has 1 saturated carbocycles. The smallest absolute Gasteiger partial charge is 0.335 e. The van der Waals surface area contributed by atoms with E-state index in [0.29, 0.717) is 16.5 Å². The normalized spacial score (nSPS) is 24.5. The fourth-order valence-corrected chi connectivity index (χ4v) is 3.09. The van der Waals surface area contributed by atoms with Crippen LogP contribution in [0, 0.1) is 0 Å². The lowest BCUT2D eigenvalue weighted by Gasteiger charge is -2.31. The molecule has 0 atom stereocenters. The maximum atomic E-state index is 11.5. The van der Waals surface area contributed by atoms with Crippen molar-refractivity contribution in [1.29, 1.82) is 0 Å². The van der Waals surface area contributed by atoms with Gasteiger partial charge in [-0.15, -0.1) is 0 Å². The van der Waals surface area contributed by atoms with Crippen molar-refractivity contribution in [2.75, 3.05) is 11.9 Å². The van der Waals surface area contributed by atoms with Gasteiger partial charge in [-0.1, -0.05) is 11.6 Å². The lowest BCUT2D eigenvalue weighted by Crippen LogP contribution is -2.37. The standard InChI is InChI=1S/C15H18ClN3O3/c16-12-6-5-11-14(19-12)13(10(7-17-11)15(21)22)18-8-1-3-9(20)4-2-8/h5-6,8-9,17-18,20H,1-4,7H2,(H,21,22). The van der Waals surface area contributed by atoms with E-state index in [-0.39, 0.29) is 24.3 Å². The molecule has 4 N–H and O–H groups in total. The summed E-state index contributed by atoms with van der Waals surface area (Å²) < 4.78 is 0. The number of aliphatic carboxylic acids is 1. The third-order valence-electron chi connectivity index (χ3n) is 4.16. The lowest BCUT2D eigenvalue weighted by molar-refractivity contribution is -0.132. The van der Waals surface area contributed by atoms with Gasteiger partial charge in [0.2, 0.25) is 0 Å². The van der Waals surface area contributed by atoms with Crippen LogP contribution in [0.4, 0.5) is 5.69 Å². The van der Waals surface area contributed by atoms with Gasteiger partial charge in [0.1, 0.15) is 10.8 Å². The van der Waals surface area contributed by atoms with Gasteiger partial charge >= 0.3 is 5.97 Å². The summed E-state index contributed by atoms with van der Waals surface area (Å²) in [5.74, 6) is -0.974. The molecule has 0 radical (unpaired) electrons. The van der Waals surface area contributed by atoms with Crippen molar-refractivity contribution in [3.8, 4) is 0 Å². The molecule has 7 heteroatoms. The minimum Gasteiger partial charge on any atom is -0.478 e. The van der Waals surface area contributed by atoms with Gasteiger partial charge < -0.3 is 20.8 Å². The predicted molar refractivity (Wildman–Crippen MR) is 83.7 cm³/mol. The third-order valence-corrected chi connectivity index (χ3v) is 4.37. The molecule has 0 amide bonds. The van der Waals surface area contributed by atoms with E-state index in [9.17, 15) is 15.0 Å². The Morgan fingerprint density at radius 1 is 1.32 bits per heavy atom. The van der Waals surface area contributed by atoms with Crippen molar-refractivity contribution in [2.45, 2.75) is 37.8 Å². The van der Waals surface area contributed by atoms with Crippen LogP contribution in [-0.4, -0.2) is 39.9 Å². The Hall–Kier alpha value is -1.79. The summed E-state index contributed by atoms with van der Waals surface area (Å²) in [7, 11) is 0. The molecule has 0 saturated heterocycles. The van der Waals surface area contributed by atoms with Gasteiger partial charge in [-0.05, 0) is 37.8 Å². The average molecular weight is 324 g/mol. The summed E-state index contributed by atoms with van der Waals surface area (Å²) in [5, 5.41) is 25.7. The summed E-state index contributed by atoms with van der Waals surface area (Å²) >= 11 is 5.96. The predicted octanol–water partition coefficient (Wildman–Crippen LogP) is 1.85. The zero-order valence-corrected chi connectivity index (χ0v) is 12.7. The molecule has 6 nitrogen and oxygen atoms in total. The van der Waals surface area contributed by atoms with Crippen molar-refractivity contribution in [3.63, 3.8) is 0 Å². The molecule has 1 fully saturated rings. The number of pyridine rings is 1. The van der Waals surface area contributed by atoms with E-state index < -0.39 is 5.97 Å². The number of rotatable bonds is 3. The number of aliphatic hydroxyl groups is 1. The zero-order chi connectivity index (χ0) is 15.7. The van der Waals surface area contributed by atoms with E-state index in [1.54, 1.807) is 12.1 Å². The third kappa shape index (κ3) is 3.03. The number of aliphatic hydroxyl groups excluding tert-OH is 1. The van der Waals surface area contributed by atoms with Crippen LogP contribution in [0.25, 0.3) is 5.70 Å². The molecule has 1 aliphatic heterocycles. The van der Waals surface area contributed by atoms with Crippen molar-refractivity contribution in [3.05, 3.63) is 28.6 Å². The fourth-order valence-electron chi connectivity index (χ4n) is 2.95. The average Bonchev–Trinajstić information content (AvgIpc) is 2.49. The van der Waals surface area contributed by atoms with Gasteiger partial charge in [0, 0.05) is 12.6 Å². The topological polar surface area (TPSA) is 94.5 Å². The highest BCUT2D eigenvalue weighted by atomic mass is 35.5. The van der Waals surface area contributed by atoms with Crippen LogP contribution in [0.15, 0.2) is 17.7 Å². The number of fused-ring (bicyclic) bond motifs is 1. The number of anilines is 1. The van der Waals surface area contributed by atoms with E-state index in [2.05, 4.69) is 15.6 Å². The number of nitrogens with one attached hydrogen (secondary N) is 2. The monoisotopic (exact) mass is 323 g/mol. The summed E-state index contributed by atoms with van der Waals surface area (Å²) in [5.41, 5.74) is 2.11. The Kier molecular flexibility index (Phi) is 4.22. The van der Waals surface area contributed by atoms with E-state index in [1.807, 2.05) is 0 Å². The highest BCUT2D eigenvalue weighted by Gasteiger charge is 2.28. The van der Waals surface area contributed by atoms with Crippen molar-refractivity contribution in [2.24, 2.45) is 0 Å². The fraction of sp³-hybridized carbons (Fsp3) is 0.467. The lowest BCUT2D eigenvalue weighted by atomic mass is 9.92. The Labute approximate surface area is 133 Å². The minimum absolute atomic E-state index is 0.138. The van der Waals surface area contributed by atoms with Gasteiger partial charge in [-0.3, -0.25) is 0 Å². The van der Waals surface area contributed by atoms with Crippen molar-refractivity contribution in [1.82, 2.24) is 10.3 Å². The molecule has 0 spiro atoms. The Morgan fingerprint density at radius 3 is 2.73 bits per heavy atom. The number of hydrogen-bond donors (Lipinski definition) is 4. The largest absolute Gasteiger partial charge is 0.478 e. The van der Waals surface area contributed by atoms with Crippen molar-refractivity contribution < 1.29 is 15.0 Å². The molecule has 1 aromatic rings.